The molecule has 3 aromatic rings. The molecule has 1 aliphatic heterocycles. The SMILES string of the molecule is O=C1CC(c2ccccc2)SC(=Nc2ccccc2)C1c1ccccc1. The van der Waals surface area contributed by atoms with Crippen molar-refractivity contribution in [1.82, 2.24) is 0 Å². The molecule has 4 rings (SSSR count). The third-order valence-corrected chi connectivity index (χ3v) is 5.81. The highest BCUT2D eigenvalue weighted by molar-refractivity contribution is 8.14. The quantitative estimate of drug-likeness (QED) is 0.580. The fourth-order valence-electron chi connectivity index (χ4n) is 3.24. The van der Waals surface area contributed by atoms with Crippen molar-refractivity contribution in [2.45, 2.75) is 17.6 Å². The van der Waals surface area contributed by atoms with Crippen LogP contribution in [-0.4, -0.2) is 10.8 Å². The monoisotopic (exact) mass is 357 g/mol. The van der Waals surface area contributed by atoms with Crippen LogP contribution in [0.15, 0.2) is 96.0 Å². The first-order valence-electron chi connectivity index (χ1n) is 8.74. The average molecular weight is 357 g/mol. The van der Waals surface area contributed by atoms with Gasteiger partial charge in [0.2, 0.25) is 0 Å². The van der Waals surface area contributed by atoms with Gasteiger partial charge in [-0.25, -0.2) is 4.99 Å². The predicted octanol–water partition coefficient (Wildman–Crippen LogP) is 5.95. The van der Waals surface area contributed by atoms with Crippen molar-refractivity contribution in [3.63, 3.8) is 0 Å². The first kappa shape index (κ1) is 16.8. The molecule has 2 atom stereocenters. The van der Waals surface area contributed by atoms with E-state index < -0.39 is 0 Å². The van der Waals surface area contributed by atoms with Crippen LogP contribution < -0.4 is 0 Å². The Kier molecular flexibility index (Phi) is 4.98. The molecule has 0 N–H and O–H groups in total. The highest BCUT2D eigenvalue weighted by atomic mass is 32.2. The van der Waals surface area contributed by atoms with Gasteiger partial charge in [-0.15, -0.1) is 11.8 Å². The molecule has 0 aromatic heterocycles. The van der Waals surface area contributed by atoms with Crippen molar-refractivity contribution in [2.24, 2.45) is 4.99 Å². The Morgan fingerprint density at radius 2 is 1.27 bits per heavy atom. The first-order chi connectivity index (χ1) is 12.8. The molecule has 2 nitrogen and oxygen atoms in total. The smallest absolute Gasteiger partial charge is 0.148 e. The molecule has 3 heteroatoms. The van der Waals surface area contributed by atoms with Crippen molar-refractivity contribution in [3.05, 3.63) is 102 Å². The van der Waals surface area contributed by atoms with E-state index in [0.29, 0.717) is 6.42 Å². The van der Waals surface area contributed by atoms with Gasteiger partial charge in [0.1, 0.15) is 5.78 Å². The lowest BCUT2D eigenvalue weighted by Gasteiger charge is -2.29. The van der Waals surface area contributed by atoms with Gasteiger partial charge in [-0.2, -0.15) is 0 Å². The van der Waals surface area contributed by atoms with E-state index in [4.69, 9.17) is 4.99 Å². The second-order valence-corrected chi connectivity index (χ2v) is 7.54. The Morgan fingerprint density at radius 1 is 0.731 bits per heavy atom. The number of hydrogen-bond donors (Lipinski definition) is 0. The third kappa shape index (κ3) is 3.63. The van der Waals surface area contributed by atoms with Gasteiger partial charge in [-0.05, 0) is 23.3 Å². The second kappa shape index (κ2) is 7.71. The van der Waals surface area contributed by atoms with Gasteiger partial charge in [0.15, 0.2) is 0 Å². The molecule has 0 aliphatic carbocycles. The highest BCUT2D eigenvalue weighted by Crippen LogP contribution is 2.44. The number of rotatable bonds is 3. The summed E-state index contributed by atoms with van der Waals surface area (Å²) in [6.45, 7) is 0. The van der Waals surface area contributed by atoms with E-state index in [0.717, 1.165) is 16.3 Å². The van der Waals surface area contributed by atoms with Crippen LogP contribution in [0.5, 0.6) is 0 Å². The Morgan fingerprint density at radius 3 is 1.88 bits per heavy atom. The van der Waals surface area contributed by atoms with Gasteiger partial charge in [-0.3, -0.25) is 4.79 Å². The molecule has 0 bridgehead atoms. The summed E-state index contributed by atoms with van der Waals surface area (Å²) in [5, 5.41) is 0.999. The van der Waals surface area contributed by atoms with Crippen LogP contribution in [0, 0.1) is 0 Å². The van der Waals surface area contributed by atoms with Gasteiger partial charge < -0.3 is 0 Å². The minimum atomic E-state index is -0.277. The van der Waals surface area contributed by atoms with Crippen LogP contribution in [0.1, 0.15) is 28.7 Å². The molecule has 1 aliphatic rings. The molecule has 128 valence electrons. The van der Waals surface area contributed by atoms with Crippen molar-refractivity contribution >= 4 is 28.3 Å². The lowest BCUT2D eigenvalue weighted by Crippen LogP contribution is -2.27. The van der Waals surface area contributed by atoms with Crippen LogP contribution in [0.2, 0.25) is 0 Å². The minimum absolute atomic E-state index is 0.117. The number of aliphatic imine (C=N–C) groups is 1. The third-order valence-electron chi connectivity index (χ3n) is 4.52. The number of nitrogens with zero attached hydrogens (tertiary/aromatic N) is 1. The first-order valence-corrected chi connectivity index (χ1v) is 9.62. The topological polar surface area (TPSA) is 29.4 Å². The molecule has 2 unspecified atom stereocenters. The zero-order valence-electron chi connectivity index (χ0n) is 14.3. The second-order valence-electron chi connectivity index (χ2n) is 6.32. The Hall–Kier alpha value is -2.65. The van der Waals surface area contributed by atoms with Crippen molar-refractivity contribution in [2.75, 3.05) is 0 Å². The van der Waals surface area contributed by atoms with Gasteiger partial charge in [0.05, 0.1) is 16.6 Å². The molecular weight excluding hydrogens is 338 g/mol. The number of ketones is 1. The van der Waals surface area contributed by atoms with Crippen LogP contribution in [-0.2, 0) is 4.79 Å². The Balaban J connectivity index is 1.74. The van der Waals surface area contributed by atoms with Gasteiger partial charge >= 0.3 is 0 Å². The van der Waals surface area contributed by atoms with E-state index in [1.54, 1.807) is 11.8 Å². The van der Waals surface area contributed by atoms with E-state index in [1.807, 2.05) is 78.9 Å². The predicted molar refractivity (Wildman–Crippen MR) is 109 cm³/mol. The van der Waals surface area contributed by atoms with Gasteiger partial charge in [0, 0.05) is 11.7 Å². The molecular formula is C23H19NOS. The molecule has 1 saturated heterocycles. The summed E-state index contributed by atoms with van der Waals surface area (Å²) in [6.07, 6.45) is 0.530. The standard InChI is InChI=1S/C23H19NOS/c25-20-16-21(17-10-4-1-5-11-17)26-23(24-19-14-8-3-9-15-19)22(20)18-12-6-2-7-13-18/h1-15,21-22H,16H2. The van der Waals surface area contributed by atoms with Crippen LogP contribution >= 0.6 is 11.8 Å². The van der Waals surface area contributed by atoms with Crippen LogP contribution in [0.3, 0.4) is 0 Å². The van der Waals surface area contributed by atoms with Crippen LogP contribution in [0.25, 0.3) is 0 Å². The van der Waals surface area contributed by atoms with E-state index in [9.17, 15) is 4.79 Å². The number of carbonyl (C=O) groups excluding carboxylic acids is 1. The van der Waals surface area contributed by atoms with E-state index in [1.165, 1.54) is 5.56 Å². The normalized spacial score (nSPS) is 21.7. The summed E-state index contributed by atoms with van der Waals surface area (Å²) in [7, 11) is 0. The fourth-order valence-corrected chi connectivity index (χ4v) is 4.64. The number of para-hydroxylation sites is 1. The molecule has 1 heterocycles. The summed E-state index contributed by atoms with van der Waals surface area (Å²) in [6, 6.07) is 30.1. The number of hydrogen-bond acceptors (Lipinski definition) is 3. The van der Waals surface area contributed by atoms with E-state index >= 15 is 0 Å². The number of benzene rings is 3. The molecule has 0 spiro atoms. The number of carbonyl (C=O) groups is 1. The molecule has 0 radical (unpaired) electrons. The summed E-state index contributed by atoms with van der Waals surface area (Å²) >= 11 is 1.72. The summed E-state index contributed by atoms with van der Waals surface area (Å²) in [5.41, 5.74) is 3.08. The van der Waals surface area contributed by atoms with E-state index in [2.05, 4.69) is 12.1 Å². The van der Waals surface area contributed by atoms with Gasteiger partial charge in [-0.1, -0.05) is 78.9 Å². The Bertz CT molecular complexity index is 907. The zero-order chi connectivity index (χ0) is 17.8. The lowest BCUT2D eigenvalue weighted by molar-refractivity contribution is -0.119. The van der Waals surface area contributed by atoms with E-state index in [-0.39, 0.29) is 17.0 Å². The molecule has 26 heavy (non-hydrogen) atoms. The lowest BCUT2D eigenvalue weighted by atomic mass is 9.91. The fraction of sp³-hybridized carbons (Fsp3) is 0.130. The molecule has 3 aromatic carbocycles. The maximum Gasteiger partial charge on any atom is 0.148 e. The van der Waals surface area contributed by atoms with Crippen molar-refractivity contribution < 1.29 is 4.79 Å². The number of thioether (sulfide) groups is 1. The average Bonchev–Trinajstić information content (AvgIpc) is 2.70. The highest BCUT2D eigenvalue weighted by Gasteiger charge is 2.36. The summed E-state index contributed by atoms with van der Waals surface area (Å²) < 4.78 is 0. The maximum atomic E-state index is 13.1. The van der Waals surface area contributed by atoms with Crippen LogP contribution in [0.4, 0.5) is 5.69 Å². The molecule has 1 fully saturated rings. The largest absolute Gasteiger partial charge is 0.298 e. The zero-order valence-corrected chi connectivity index (χ0v) is 15.1. The minimum Gasteiger partial charge on any atom is -0.298 e. The number of Topliss-reactive ketones (excluding diaryl/α,β-unsaturated/α-hetero) is 1. The van der Waals surface area contributed by atoms with Gasteiger partial charge in [0.25, 0.3) is 0 Å². The van der Waals surface area contributed by atoms with Crippen molar-refractivity contribution in [1.29, 1.82) is 0 Å². The maximum absolute atomic E-state index is 13.1. The summed E-state index contributed by atoms with van der Waals surface area (Å²) in [5.74, 6) is -0.0418. The van der Waals surface area contributed by atoms with Crippen molar-refractivity contribution in [3.8, 4) is 0 Å². The Labute approximate surface area is 158 Å². The summed E-state index contributed by atoms with van der Waals surface area (Å²) in [4.78, 5) is 17.9. The molecule has 0 saturated carbocycles. The molecule has 0 amide bonds.